The van der Waals surface area contributed by atoms with Gasteiger partial charge in [0.2, 0.25) is 0 Å². The van der Waals surface area contributed by atoms with Crippen molar-refractivity contribution in [1.82, 2.24) is 9.97 Å². The van der Waals surface area contributed by atoms with Gasteiger partial charge in [-0.3, -0.25) is 0 Å². The van der Waals surface area contributed by atoms with Crippen molar-refractivity contribution in [2.75, 3.05) is 0 Å². The van der Waals surface area contributed by atoms with Crippen LogP contribution in [0.2, 0.25) is 17.3 Å². The van der Waals surface area contributed by atoms with E-state index in [1.165, 1.54) is 29.0 Å². The van der Waals surface area contributed by atoms with E-state index in [2.05, 4.69) is 83.5 Å². The van der Waals surface area contributed by atoms with Gasteiger partial charge in [0.1, 0.15) is 5.58 Å². The predicted molar refractivity (Wildman–Crippen MR) is 229 cm³/mol. The first-order valence-electron chi connectivity index (χ1n) is 23.0. The van der Waals surface area contributed by atoms with Gasteiger partial charge in [-0.1, -0.05) is 66.8 Å². The minimum absolute atomic E-state index is 0. The Morgan fingerprint density at radius 1 is 0.852 bits per heavy atom. The summed E-state index contributed by atoms with van der Waals surface area (Å²) in [6.45, 7) is 10.8. The molecule has 3 aromatic heterocycles. The molecule has 0 atom stereocenters. The van der Waals surface area contributed by atoms with Gasteiger partial charge in [0.05, 0.1) is 5.58 Å². The van der Waals surface area contributed by atoms with E-state index in [-0.39, 0.29) is 49.4 Å². The average molecular weight is 962 g/mol. The predicted octanol–water partition coefficient (Wildman–Crippen LogP) is 12.9. The molecule has 5 heteroatoms. The molecule has 54 heavy (non-hydrogen) atoms. The monoisotopic (exact) mass is 963 g/mol. The van der Waals surface area contributed by atoms with Crippen LogP contribution in [0.5, 0.6) is 0 Å². The van der Waals surface area contributed by atoms with Gasteiger partial charge in [0, 0.05) is 38.5 Å². The van der Waals surface area contributed by atoms with Gasteiger partial charge in [-0.15, -0.1) is 18.2 Å². The Labute approximate surface area is 353 Å². The van der Waals surface area contributed by atoms with Crippen LogP contribution in [0, 0.1) is 44.2 Å². The number of rotatable bonds is 7. The third kappa shape index (κ3) is 9.51. The van der Waals surface area contributed by atoms with Crippen molar-refractivity contribution >= 4 is 39.6 Å². The molecule has 0 amide bonds. The molecule has 0 saturated heterocycles. The van der Waals surface area contributed by atoms with Gasteiger partial charge < -0.3 is 9.40 Å². The summed E-state index contributed by atoms with van der Waals surface area (Å²) in [5.41, 5.74) is 7.97. The number of hydrogen-bond donors (Lipinski definition) is 0. The summed E-state index contributed by atoms with van der Waals surface area (Å²) < 4.78 is 89.4. The Morgan fingerprint density at radius 3 is 2.24 bits per heavy atom. The van der Waals surface area contributed by atoms with Gasteiger partial charge >= 0.3 is 139 Å². The van der Waals surface area contributed by atoms with Crippen molar-refractivity contribution < 1.29 is 38.2 Å². The zero-order valence-corrected chi connectivity index (χ0v) is 37.2. The Hall–Kier alpha value is -3.83. The maximum Gasteiger partial charge on any atom is 0 e. The maximum atomic E-state index is 8.77. The smallest absolute Gasteiger partial charge is 0 e. The quantitative estimate of drug-likeness (QED) is 0.118. The molecule has 0 fully saturated rings. The number of aromatic nitrogens is 2. The van der Waals surface area contributed by atoms with E-state index in [0.29, 0.717) is 33.7 Å². The molecule has 0 bridgehead atoms. The second-order valence-electron chi connectivity index (χ2n) is 15.9. The summed E-state index contributed by atoms with van der Waals surface area (Å²) in [7, 11) is 0. The number of nitrogens with zero attached hydrogens (tertiary/aromatic N) is 2. The second kappa shape index (κ2) is 16.9. The molecule has 3 nitrogen and oxygen atoms in total. The molecule has 0 spiro atoms. The Balaban J connectivity index is 0.000000253. The zero-order chi connectivity index (χ0) is 46.8. The fourth-order valence-electron chi connectivity index (χ4n) is 6.50. The van der Waals surface area contributed by atoms with E-state index < -0.39 is 44.2 Å². The first-order valence-corrected chi connectivity index (χ1v) is 25.4. The van der Waals surface area contributed by atoms with Crippen LogP contribution in [0.3, 0.4) is 0 Å². The number of pyridine rings is 2. The third-order valence-corrected chi connectivity index (χ3v) is 13.1. The molecule has 0 N–H and O–H groups in total. The zero-order valence-electron chi connectivity index (χ0n) is 42.7. The summed E-state index contributed by atoms with van der Waals surface area (Å²) in [6, 6.07) is 26.6. The van der Waals surface area contributed by atoms with Crippen molar-refractivity contribution in [2.24, 2.45) is 11.3 Å². The number of furan rings is 1. The molecule has 4 aromatic carbocycles. The number of fused-ring (bicyclic) bond motifs is 3. The SMILES string of the molecule is [2H]C([2H])([2H])c1cnc(-c2[c-]ccc3c2oc2cc(-c4c(C)cccc4C)ccc23)cc1C([2H])([2H])C(C)C.[2H]c1[c-]c(-c2cc(C([2H])([2H])C(C)(C)C)[c]([Ge]([CH3])([CH3])[CH3])cn2)cc([2H])c1[2H].[Ir]. The van der Waals surface area contributed by atoms with Gasteiger partial charge in [0.15, 0.2) is 0 Å². The van der Waals surface area contributed by atoms with Crippen LogP contribution in [-0.2, 0) is 32.9 Å². The summed E-state index contributed by atoms with van der Waals surface area (Å²) >= 11 is -2.38. The third-order valence-electron chi connectivity index (χ3n) is 8.85. The fourth-order valence-corrected chi connectivity index (χ4v) is 9.43. The van der Waals surface area contributed by atoms with Crippen molar-refractivity contribution in [3.05, 3.63) is 137 Å². The van der Waals surface area contributed by atoms with E-state index in [9.17, 15) is 0 Å². The topological polar surface area (TPSA) is 38.9 Å². The maximum absolute atomic E-state index is 8.77. The second-order valence-corrected chi connectivity index (χ2v) is 26.5. The Kier molecular flexibility index (Phi) is 9.22. The molecule has 0 aliphatic rings. The first-order chi connectivity index (χ1) is 29.0. The molecular weight excluding hydrogens is 897 g/mol. The van der Waals surface area contributed by atoms with Gasteiger partial charge in [-0.2, -0.15) is 0 Å². The molecule has 0 unspecified atom stereocenters. The van der Waals surface area contributed by atoms with Crippen LogP contribution in [0.1, 0.15) is 76.1 Å². The minimum Gasteiger partial charge on any atom is 0 e. The minimum atomic E-state index is -2.48. The molecule has 0 aliphatic heterocycles. The van der Waals surface area contributed by atoms with Crippen LogP contribution in [-0.4, -0.2) is 23.2 Å². The van der Waals surface area contributed by atoms with E-state index in [1.807, 2.05) is 32.9 Å². The Morgan fingerprint density at radius 2 is 1.57 bits per heavy atom. The van der Waals surface area contributed by atoms with Crippen LogP contribution >= 0.6 is 0 Å². The molecule has 0 saturated carbocycles. The molecule has 281 valence electrons. The number of hydrogen-bond acceptors (Lipinski definition) is 3. The van der Waals surface area contributed by atoms with Crippen LogP contribution in [0.15, 0.2) is 102 Å². The molecule has 0 aliphatic carbocycles. The fraction of sp³-hybridized carbons (Fsp3) is 0.306. The Bertz CT molecular complexity index is 2810. The summed E-state index contributed by atoms with van der Waals surface area (Å²) in [5.74, 6) is 6.20. The molecule has 7 rings (SSSR count). The van der Waals surface area contributed by atoms with Crippen LogP contribution in [0.4, 0.5) is 0 Å². The summed E-state index contributed by atoms with van der Waals surface area (Å²) in [5, 5.41) is 1.85. The van der Waals surface area contributed by atoms with Gasteiger partial charge in [-0.25, -0.2) is 0 Å². The van der Waals surface area contributed by atoms with Crippen LogP contribution in [0.25, 0.3) is 55.6 Å². The largest absolute Gasteiger partial charge is 0 e. The van der Waals surface area contributed by atoms with E-state index in [1.54, 1.807) is 38.2 Å². The van der Waals surface area contributed by atoms with Crippen LogP contribution < -0.4 is 4.40 Å². The molecule has 1 radical (unpaired) electrons. The van der Waals surface area contributed by atoms with E-state index in [0.717, 1.165) is 26.3 Å². The van der Waals surface area contributed by atoms with Crippen molar-refractivity contribution in [2.45, 2.75) is 85.3 Å². The summed E-state index contributed by atoms with van der Waals surface area (Å²) in [6.07, 6.45) is -0.374. The van der Waals surface area contributed by atoms with Crippen molar-refractivity contribution in [1.29, 1.82) is 0 Å². The standard InChI is InChI=1S/C30H28NO.C19H26GeN.Ir/c1-18(2)14-23-15-27(31-17-21(23)5)26-11-7-10-25-24-13-12-22(16-28(24)32-30(25)26)29-19(3)8-6-9-20(29)4;1-19(2,3)13-16-12-18(15-10-8-7-9-11-15)21-14-17(16)20(4,5)6;/h6-10,12-13,15-18H,14H2,1-5H3;7-10,12,14H,13H2,1-6H3;/q2*-1;/i5D3,14D2;7D,8D,9D,13D2;. The van der Waals surface area contributed by atoms with Gasteiger partial charge in [-0.05, 0) is 72.6 Å². The molecular formula is C49H54GeIrN2O-2. The molecule has 7 aromatic rings. The van der Waals surface area contributed by atoms with Crippen molar-refractivity contribution in [3.8, 4) is 33.6 Å². The van der Waals surface area contributed by atoms with Gasteiger partial charge in [0.25, 0.3) is 0 Å². The first kappa shape index (κ1) is 29.5. The molecule has 3 heterocycles. The van der Waals surface area contributed by atoms with Crippen molar-refractivity contribution in [3.63, 3.8) is 0 Å². The average Bonchev–Trinajstić information content (AvgIpc) is 3.56. The normalized spacial score (nSPS) is 15.2. The van der Waals surface area contributed by atoms with E-state index in [4.69, 9.17) is 18.1 Å². The summed E-state index contributed by atoms with van der Waals surface area (Å²) in [4.78, 5) is 8.94. The number of benzene rings is 4. The number of aryl methyl sites for hydroxylation is 3. The van der Waals surface area contributed by atoms with E-state index >= 15 is 0 Å².